The van der Waals surface area contributed by atoms with Crippen LogP contribution in [0.25, 0.3) is 0 Å². The quantitative estimate of drug-likeness (QED) is 0.568. The molecule has 1 aromatic rings. The molecule has 0 aliphatic heterocycles. The molecule has 0 aromatic heterocycles. The summed E-state index contributed by atoms with van der Waals surface area (Å²) < 4.78 is 11.4. The third-order valence-corrected chi connectivity index (χ3v) is 3.53. The highest BCUT2D eigenvalue weighted by molar-refractivity contribution is 5.45. The van der Waals surface area contributed by atoms with Crippen LogP contribution in [0.2, 0.25) is 0 Å². The molecule has 0 aliphatic carbocycles. The summed E-state index contributed by atoms with van der Waals surface area (Å²) in [5.74, 6) is 6.68. The molecule has 0 fully saturated rings. The molecular weight excluding hydrogens is 252 g/mol. The first-order chi connectivity index (χ1) is 9.58. The molecule has 20 heavy (non-hydrogen) atoms. The average Bonchev–Trinajstić information content (AvgIpc) is 2.41. The van der Waals surface area contributed by atoms with Gasteiger partial charge in [-0.2, -0.15) is 0 Å². The Labute approximate surface area is 122 Å². The van der Waals surface area contributed by atoms with Crippen LogP contribution in [0, 0.1) is 13.8 Å². The van der Waals surface area contributed by atoms with Gasteiger partial charge < -0.3 is 9.47 Å². The number of methoxy groups -OCH3 is 1. The second-order valence-electron chi connectivity index (χ2n) is 5.12. The molecular formula is C16H28N2O2. The summed E-state index contributed by atoms with van der Waals surface area (Å²) in [6.45, 7) is 8.99. The fourth-order valence-corrected chi connectivity index (χ4v) is 2.73. The molecule has 0 bridgehead atoms. The molecule has 0 saturated carbocycles. The molecule has 4 heteroatoms. The van der Waals surface area contributed by atoms with Crippen LogP contribution in [-0.4, -0.2) is 19.8 Å². The lowest BCUT2D eigenvalue weighted by Crippen LogP contribution is -2.38. The average molecular weight is 280 g/mol. The fraction of sp³-hybridized carbons (Fsp3) is 0.625. The van der Waals surface area contributed by atoms with E-state index in [1.54, 1.807) is 7.11 Å². The first-order valence-electron chi connectivity index (χ1n) is 7.31. The van der Waals surface area contributed by atoms with E-state index in [4.69, 9.17) is 15.3 Å². The van der Waals surface area contributed by atoms with Crippen molar-refractivity contribution in [3.63, 3.8) is 0 Å². The van der Waals surface area contributed by atoms with Gasteiger partial charge in [-0.15, -0.1) is 0 Å². The van der Waals surface area contributed by atoms with E-state index < -0.39 is 0 Å². The lowest BCUT2D eigenvalue weighted by molar-refractivity contribution is 0.0268. The molecule has 3 N–H and O–H groups in total. The SMILES string of the molecule is CCCC(OCC)C(NN)c1c(C)cc(C)cc1OC. The van der Waals surface area contributed by atoms with Crippen molar-refractivity contribution in [3.05, 3.63) is 28.8 Å². The molecule has 0 amide bonds. The summed E-state index contributed by atoms with van der Waals surface area (Å²) in [6, 6.07) is 4.13. The minimum Gasteiger partial charge on any atom is -0.496 e. The summed E-state index contributed by atoms with van der Waals surface area (Å²) in [6.07, 6.45) is 2.06. The van der Waals surface area contributed by atoms with Gasteiger partial charge >= 0.3 is 0 Å². The molecule has 2 atom stereocenters. The number of aryl methyl sites for hydroxylation is 2. The summed E-state index contributed by atoms with van der Waals surface area (Å²) in [7, 11) is 1.70. The van der Waals surface area contributed by atoms with Crippen molar-refractivity contribution in [2.75, 3.05) is 13.7 Å². The molecule has 0 radical (unpaired) electrons. The Balaban J connectivity index is 3.22. The van der Waals surface area contributed by atoms with Crippen LogP contribution in [0.4, 0.5) is 0 Å². The first-order valence-corrected chi connectivity index (χ1v) is 7.31. The Morgan fingerprint density at radius 3 is 2.45 bits per heavy atom. The van der Waals surface area contributed by atoms with Gasteiger partial charge in [0, 0.05) is 12.2 Å². The summed E-state index contributed by atoms with van der Waals surface area (Å²) in [5, 5.41) is 0. The number of hydrogen-bond acceptors (Lipinski definition) is 4. The Morgan fingerprint density at radius 2 is 1.95 bits per heavy atom. The Bertz CT molecular complexity index is 415. The van der Waals surface area contributed by atoms with E-state index in [0.717, 1.165) is 24.2 Å². The number of ether oxygens (including phenoxy) is 2. The fourth-order valence-electron chi connectivity index (χ4n) is 2.73. The number of nitrogens with two attached hydrogens (primary N) is 1. The van der Waals surface area contributed by atoms with Crippen molar-refractivity contribution in [2.24, 2.45) is 5.84 Å². The highest BCUT2D eigenvalue weighted by Crippen LogP contribution is 2.33. The van der Waals surface area contributed by atoms with Crippen LogP contribution < -0.4 is 16.0 Å². The zero-order valence-electron chi connectivity index (χ0n) is 13.3. The molecule has 1 rings (SSSR count). The van der Waals surface area contributed by atoms with Crippen LogP contribution in [-0.2, 0) is 4.74 Å². The summed E-state index contributed by atoms with van der Waals surface area (Å²) >= 11 is 0. The third kappa shape index (κ3) is 3.95. The van der Waals surface area contributed by atoms with E-state index in [0.29, 0.717) is 6.61 Å². The number of rotatable bonds is 8. The second-order valence-corrected chi connectivity index (χ2v) is 5.12. The number of benzene rings is 1. The van der Waals surface area contributed by atoms with Crippen LogP contribution in [0.1, 0.15) is 49.4 Å². The van der Waals surface area contributed by atoms with Crippen LogP contribution in [0.15, 0.2) is 12.1 Å². The number of hydrazine groups is 1. The van der Waals surface area contributed by atoms with Crippen molar-refractivity contribution in [2.45, 2.75) is 52.7 Å². The van der Waals surface area contributed by atoms with E-state index in [1.165, 1.54) is 11.1 Å². The van der Waals surface area contributed by atoms with Gasteiger partial charge in [0.2, 0.25) is 0 Å². The Hall–Kier alpha value is -1.10. The van der Waals surface area contributed by atoms with Gasteiger partial charge in [-0.05, 0) is 44.4 Å². The maximum Gasteiger partial charge on any atom is 0.124 e. The molecule has 0 heterocycles. The molecule has 0 saturated heterocycles. The van der Waals surface area contributed by atoms with Crippen molar-refractivity contribution in [1.29, 1.82) is 0 Å². The molecule has 114 valence electrons. The highest BCUT2D eigenvalue weighted by atomic mass is 16.5. The second kappa shape index (κ2) is 8.25. The summed E-state index contributed by atoms with van der Waals surface area (Å²) in [4.78, 5) is 0. The van der Waals surface area contributed by atoms with Crippen molar-refractivity contribution >= 4 is 0 Å². The summed E-state index contributed by atoms with van der Waals surface area (Å²) in [5.41, 5.74) is 6.36. The molecule has 2 unspecified atom stereocenters. The van der Waals surface area contributed by atoms with Gasteiger partial charge in [0.05, 0.1) is 19.3 Å². The number of hydrogen-bond donors (Lipinski definition) is 2. The standard InChI is InChI=1S/C16H28N2O2/c1-6-8-13(20-7-2)16(18-17)15-12(4)9-11(3)10-14(15)19-5/h9-10,13,16,18H,6-8,17H2,1-5H3. The van der Waals surface area contributed by atoms with E-state index in [-0.39, 0.29) is 12.1 Å². The zero-order chi connectivity index (χ0) is 15.1. The van der Waals surface area contributed by atoms with Gasteiger partial charge in [-0.3, -0.25) is 11.3 Å². The maximum absolute atomic E-state index is 5.88. The first kappa shape index (κ1) is 17.0. The van der Waals surface area contributed by atoms with E-state index in [1.807, 2.05) is 13.0 Å². The van der Waals surface area contributed by atoms with Gasteiger partial charge in [0.25, 0.3) is 0 Å². The van der Waals surface area contributed by atoms with Gasteiger partial charge in [-0.1, -0.05) is 19.4 Å². The largest absolute Gasteiger partial charge is 0.496 e. The third-order valence-electron chi connectivity index (χ3n) is 3.53. The van der Waals surface area contributed by atoms with Crippen molar-refractivity contribution < 1.29 is 9.47 Å². The minimum atomic E-state index is -0.0644. The van der Waals surface area contributed by atoms with E-state index >= 15 is 0 Å². The van der Waals surface area contributed by atoms with E-state index in [2.05, 4.69) is 32.3 Å². The van der Waals surface area contributed by atoms with Crippen molar-refractivity contribution in [3.8, 4) is 5.75 Å². The van der Waals surface area contributed by atoms with Crippen LogP contribution in [0.5, 0.6) is 5.75 Å². The lowest BCUT2D eigenvalue weighted by atomic mass is 9.92. The zero-order valence-corrected chi connectivity index (χ0v) is 13.3. The Kier molecular flexibility index (Phi) is 6.99. The monoisotopic (exact) mass is 280 g/mol. The smallest absolute Gasteiger partial charge is 0.124 e. The molecule has 4 nitrogen and oxygen atoms in total. The lowest BCUT2D eigenvalue weighted by Gasteiger charge is -2.29. The van der Waals surface area contributed by atoms with Crippen molar-refractivity contribution in [1.82, 2.24) is 5.43 Å². The molecule has 0 spiro atoms. The topological polar surface area (TPSA) is 56.5 Å². The normalized spacial score (nSPS) is 14.1. The van der Waals surface area contributed by atoms with Gasteiger partial charge in [0.1, 0.15) is 5.75 Å². The maximum atomic E-state index is 5.88. The van der Waals surface area contributed by atoms with Crippen LogP contribution in [0.3, 0.4) is 0 Å². The molecule has 1 aromatic carbocycles. The number of nitrogens with one attached hydrogen (secondary N) is 1. The van der Waals surface area contributed by atoms with Gasteiger partial charge in [-0.25, -0.2) is 0 Å². The van der Waals surface area contributed by atoms with Crippen LogP contribution >= 0.6 is 0 Å². The Morgan fingerprint density at radius 1 is 1.25 bits per heavy atom. The predicted octanol–water partition coefficient (Wildman–Crippen LogP) is 3.02. The highest BCUT2D eigenvalue weighted by Gasteiger charge is 2.26. The minimum absolute atomic E-state index is 0.0466. The van der Waals surface area contributed by atoms with E-state index in [9.17, 15) is 0 Å². The predicted molar refractivity (Wildman–Crippen MR) is 82.9 cm³/mol. The molecule has 0 aliphatic rings. The van der Waals surface area contributed by atoms with Gasteiger partial charge in [0.15, 0.2) is 0 Å².